The van der Waals surface area contributed by atoms with Crippen LogP contribution in [0.2, 0.25) is 0 Å². The van der Waals surface area contributed by atoms with E-state index in [1.165, 1.54) is 25.6 Å². The quantitative estimate of drug-likeness (QED) is 0.740. The van der Waals surface area contributed by atoms with Crippen molar-refractivity contribution in [1.29, 1.82) is 5.26 Å². The predicted octanol–water partition coefficient (Wildman–Crippen LogP) is 1.06. The summed E-state index contributed by atoms with van der Waals surface area (Å²) in [5.41, 5.74) is 0.429. The van der Waals surface area contributed by atoms with E-state index in [2.05, 4.69) is 14.8 Å². The lowest BCUT2D eigenvalue weighted by atomic mass is 10.2. The molecule has 1 aromatic carbocycles. The fraction of sp³-hybridized carbons (Fsp3) is 0.0909. The van der Waals surface area contributed by atoms with E-state index < -0.39 is 11.8 Å². The summed E-state index contributed by atoms with van der Waals surface area (Å²) in [6.07, 6.45) is 1.21. The lowest BCUT2D eigenvalue weighted by molar-refractivity contribution is 0.0587. The molecule has 1 heterocycles. The minimum Gasteiger partial charge on any atom is -0.463 e. The second kappa shape index (κ2) is 4.63. The lowest BCUT2D eigenvalue weighted by Gasteiger charge is -2.02. The number of ether oxygens (including phenoxy) is 1. The SMILES string of the molecule is COC(=O)c1ncn(-c2cc(F)ccc2C#N)n1. The second-order valence-corrected chi connectivity index (χ2v) is 3.28. The van der Waals surface area contributed by atoms with Crippen molar-refractivity contribution < 1.29 is 13.9 Å². The Morgan fingerprint density at radius 3 is 3.00 bits per heavy atom. The highest BCUT2D eigenvalue weighted by molar-refractivity contribution is 5.84. The highest BCUT2D eigenvalue weighted by Crippen LogP contribution is 2.14. The fourth-order valence-electron chi connectivity index (χ4n) is 1.35. The van der Waals surface area contributed by atoms with Gasteiger partial charge in [0.1, 0.15) is 18.2 Å². The average molecular weight is 246 g/mol. The van der Waals surface area contributed by atoms with Crippen LogP contribution in [0.25, 0.3) is 5.69 Å². The molecular weight excluding hydrogens is 239 g/mol. The molecule has 6 nitrogen and oxygen atoms in total. The number of nitriles is 1. The molecule has 7 heteroatoms. The Morgan fingerprint density at radius 2 is 2.33 bits per heavy atom. The van der Waals surface area contributed by atoms with Gasteiger partial charge in [0.15, 0.2) is 0 Å². The maximum absolute atomic E-state index is 13.1. The number of rotatable bonds is 2. The topological polar surface area (TPSA) is 80.8 Å². The molecule has 0 radical (unpaired) electrons. The van der Waals surface area contributed by atoms with Gasteiger partial charge < -0.3 is 4.74 Å². The molecule has 0 N–H and O–H groups in total. The molecule has 18 heavy (non-hydrogen) atoms. The van der Waals surface area contributed by atoms with Crippen molar-refractivity contribution in [2.75, 3.05) is 7.11 Å². The molecule has 0 aliphatic heterocycles. The summed E-state index contributed by atoms with van der Waals surface area (Å²) in [5, 5.41) is 12.7. The molecule has 2 rings (SSSR count). The van der Waals surface area contributed by atoms with Gasteiger partial charge in [-0.1, -0.05) is 0 Å². The van der Waals surface area contributed by atoms with Crippen LogP contribution < -0.4 is 0 Å². The number of nitrogens with zero attached hydrogens (tertiary/aromatic N) is 4. The third kappa shape index (κ3) is 2.04. The molecule has 0 amide bonds. The summed E-state index contributed by atoms with van der Waals surface area (Å²) in [6.45, 7) is 0. The van der Waals surface area contributed by atoms with Crippen LogP contribution in [0.15, 0.2) is 24.5 Å². The molecule has 1 aromatic heterocycles. The zero-order valence-corrected chi connectivity index (χ0v) is 9.29. The Bertz CT molecular complexity index is 645. The van der Waals surface area contributed by atoms with Crippen molar-refractivity contribution in [3.8, 4) is 11.8 Å². The number of halogens is 1. The normalized spacial score (nSPS) is 9.83. The van der Waals surface area contributed by atoms with E-state index in [0.717, 1.165) is 10.7 Å². The Labute approximate surface area is 101 Å². The smallest absolute Gasteiger partial charge is 0.377 e. The van der Waals surface area contributed by atoms with Gasteiger partial charge in [-0.3, -0.25) is 0 Å². The van der Waals surface area contributed by atoms with Gasteiger partial charge in [-0.05, 0) is 12.1 Å². The van der Waals surface area contributed by atoms with Gasteiger partial charge in [0, 0.05) is 6.07 Å². The third-order valence-corrected chi connectivity index (χ3v) is 2.19. The zero-order chi connectivity index (χ0) is 13.1. The molecule has 0 fully saturated rings. The van der Waals surface area contributed by atoms with Crippen LogP contribution in [0.1, 0.15) is 16.2 Å². The molecule has 0 saturated carbocycles. The van der Waals surface area contributed by atoms with Gasteiger partial charge in [0.25, 0.3) is 5.82 Å². The maximum atomic E-state index is 13.1. The first-order valence-electron chi connectivity index (χ1n) is 4.85. The number of hydrogen-bond donors (Lipinski definition) is 0. The van der Waals surface area contributed by atoms with E-state index in [4.69, 9.17) is 5.26 Å². The summed E-state index contributed by atoms with van der Waals surface area (Å²) in [4.78, 5) is 14.9. The van der Waals surface area contributed by atoms with E-state index in [1.807, 2.05) is 6.07 Å². The number of methoxy groups -OCH3 is 1. The Balaban J connectivity index is 2.49. The molecule has 0 unspecified atom stereocenters. The summed E-state index contributed by atoms with van der Waals surface area (Å²) in [5.74, 6) is -1.38. The van der Waals surface area contributed by atoms with Crippen molar-refractivity contribution in [3.05, 3.63) is 41.7 Å². The largest absolute Gasteiger partial charge is 0.463 e. The minimum atomic E-state index is -0.705. The molecular formula is C11H7FN4O2. The van der Waals surface area contributed by atoms with E-state index >= 15 is 0 Å². The van der Waals surface area contributed by atoms with Crippen molar-refractivity contribution in [1.82, 2.24) is 14.8 Å². The summed E-state index contributed by atoms with van der Waals surface area (Å²) in [6, 6.07) is 5.53. The molecule has 0 aliphatic carbocycles. The number of aromatic nitrogens is 3. The molecule has 0 saturated heterocycles. The highest BCUT2D eigenvalue weighted by Gasteiger charge is 2.14. The molecule has 0 aliphatic rings. The van der Waals surface area contributed by atoms with E-state index in [-0.39, 0.29) is 17.1 Å². The Kier molecular flexibility index (Phi) is 3.02. The van der Waals surface area contributed by atoms with Crippen molar-refractivity contribution in [3.63, 3.8) is 0 Å². The van der Waals surface area contributed by atoms with Crippen molar-refractivity contribution in [2.24, 2.45) is 0 Å². The van der Waals surface area contributed by atoms with Crippen LogP contribution in [0.3, 0.4) is 0 Å². The first kappa shape index (κ1) is 11.7. The first-order valence-corrected chi connectivity index (χ1v) is 4.85. The number of hydrogen-bond acceptors (Lipinski definition) is 5. The Hall–Kier alpha value is -2.75. The molecule has 0 bridgehead atoms. The number of carbonyl (C=O) groups is 1. The van der Waals surface area contributed by atoms with E-state index in [1.54, 1.807) is 0 Å². The minimum absolute atomic E-state index is 0.161. The van der Waals surface area contributed by atoms with E-state index in [0.29, 0.717) is 0 Å². The monoisotopic (exact) mass is 246 g/mol. The van der Waals surface area contributed by atoms with Crippen LogP contribution in [-0.4, -0.2) is 27.8 Å². The zero-order valence-electron chi connectivity index (χ0n) is 9.29. The van der Waals surface area contributed by atoms with Crippen molar-refractivity contribution >= 4 is 5.97 Å². The maximum Gasteiger partial charge on any atom is 0.377 e. The first-order chi connectivity index (χ1) is 8.65. The van der Waals surface area contributed by atoms with Crippen LogP contribution in [-0.2, 0) is 4.74 Å². The van der Waals surface area contributed by atoms with Gasteiger partial charge in [0.05, 0.1) is 18.4 Å². The van der Waals surface area contributed by atoms with Crippen LogP contribution in [0, 0.1) is 17.1 Å². The van der Waals surface area contributed by atoms with Crippen molar-refractivity contribution in [2.45, 2.75) is 0 Å². The van der Waals surface area contributed by atoms with Gasteiger partial charge >= 0.3 is 5.97 Å². The summed E-state index contributed by atoms with van der Waals surface area (Å²) < 4.78 is 18.7. The van der Waals surface area contributed by atoms with Gasteiger partial charge in [-0.2, -0.15) is 5.26 Å². The van der Waals surface area contributed by atoms with Gasteiger partial charge in [-0.25, -0.2) is 18.9 Å². The molecule has 0 atom stereocenters. The second-order valence-electron chi connectivity index (χ2n) is 3.28. The molecule has 0 spiro atoms. The summed E-state index contributed by atoms with van der Waals surface area (Å²) in [7, 11) is 1.20. The number of benzene rings is 1. The summed E-state index contributed by atoms with van der Waals surface area (Å²) >= 11 is 0. The number of esters is 1. The van der Waals surface area contributed by atoms with Crippen LogP contribution in [0.4, 0.5) is 4.39 Å². The predicted molar refractivity (Wildman–Crippen MR) is 57.4 cm³/mol. The molecule has 90 valence electrons. The third-order valence-electron chi connectivity index (χ3n) is 2.19. The fourth-order valence-corrected chi connectivity index (χ4v) is 1.35. The van der Waals surface area contributed by atoms with Gasteiger partial charge in [-0.15, -0.1) is 5.10 Å². The Morgan fingerprint density at radius 1 is 1.56 bits per heavy atom. The van der Waals surface area contributed by atoms with Crippen LogP contribution >= 0.6 is 0 Å². The highest BCUT2D eigenvalue weighted by atomic mass is 19.1. The van der Waals surface area contributed by atoms with E-state index in [9.17, 15) is 9.18 Å². The lowest BCUT2D eigenvalue weighted by Crippen LogP contribution is -2.06. The van der Waals surface area contributed by atoms with Gasteiger partial charge in [0.2, 0.25) is 0 Å². The average Bonchev–Trinajstić information content (AvgIpc) is 2.87. The van der Waals surface area contributed by atoms with Crippen LogP contribution in [0.5, 0.6) is 0 Å². The standard InChI is InChI=1S/C11H7FN4O2/c1-18-11(17)10-14-6-16(15-10)9-4-8(12)3-2-7(9)5-13/h2-4,6H,1H3. The number of carbonyl (C=O) groups excluding carboxylic acids is 1. The molecule has 2 aromatic rings.